The van der Waals surface area contributed by atoms with Gasteiger partial charge in [0.05, 0.1) is 12.1 Å². The number of carbonyl (C=O) groups excluding carboxylic acids is 1. The third kappa shape index (κ3) is 4.07. The molecular formula is C18H14F2N4O4. The average Bonchev–Trinajstić information content (AvgIpc) is 3.11. The van der Waals surface area contributed by atoms with Gasteiger partial charge in [-0.1, -0.05) is 12.1 Å². The van der Waals surface area contributed by atoms with Crippen LogP contribution in [-0.2, 0) is 13.0 Å². The fourth-order valence-corrected chi connectivity index (χ4v) is 2.58. The number of benzene rings is 2. The van der Waals surface area contributed by atoms with Crippen LogP contribution >= 0.6 is 0 Å². The lowest BCUT2D eigenvalue weighted by molar-refractivity contribution is 0.0696. The van der Waals surface area contributed by atoms with Gasteiger partial charge in [-0.15, -0.1) is 5.10 Å². The number of carboxylic acid groups (broad SMARTS) is 1. The smallest absolute Gasteiger partial charge is 0.335 e. The molecule has 0 saturated carbocycles. The number of hydrogen-bond donors (Lipinski definition) is 2. The molecule has 0 amide bonds. The molecule has 0 radical (unpaired) electrons. The van der Waals surface area contributed by atoms with Gasteiger partial charge in [-0.3, -0.25) is 4.79 Å². The van der Waals surface area contributed by atoms with E-state index < -0.39 is 30.0 Å². The maximum Gasteiger partial charge on any atom is 0.335 e. The summed E-state index contributed by atoms with van der Waals surface area (Å²) in [5.74, 6) is -3.44. The van der Waals surface area contributed by atoms with E-state index in [1.54, 1.807) is 12.1 Å². The number of nitrogens with zero attached hydrogens (tertiary/aromatic N) is 4. The van der Waals surface area contributed by atoms with E-state index in [1.807, 2.05) is 0 Å². The third-order valence-electron chi connectivity index (χ3n) is 4.08. The second-order valence-corrected chi connectivity index (χ2v) is 5.93. The van der Waals surface area contributed by atoms with Gasteiger partial charge in [-0.25, -0.2) is 18.3 Å². The van der Waals surface area contributed by atoms with Gasteiger partial charge in [-0.2, -0.15) is 0 Å². The molecular weight excluding hydrogens is 374 g/mol. The maximum atomic E-state index is 14.3. The molecule has 0 bridgehead atoms. The minimum Gasteiger partial charge on any atom is -0.478 e. The Hall–Kier alpha value is -3.53. The van der Waals surface area contributed by atoms with Crippen molar-refractivity contribution in [1.29, 1.82) is 0 Å². The van der Waals surface area contributed by atoms with Crippen LogP contribution < -0.4 is 0 Å². The molecule has 0 fully saturated rings. The van der Waals surface area contributed by atoms with Gasteiger partial charge in [0.1, 0.15) is 18.2 Å². The quantitative estimate of drug-likeness (QED) is 0.588. The number of ketones is 1. The molecule has 3 aromatic rings. The van der Waals surface area contributed by atoms with Crippen molar-refractivity contribution in [2.75, 3.05) is 6.61 Å². The van der Waals surface area contributed by atoms with Gasteiger partial charge in [0, 0.05) is 17.5 Å². The van der Waals surface area contributed by atoms with Crippen molar-refractivity contribution in [3.8, 4) is 0 Å². The summed E-state index contributed by atoms with van der Waals surface area (Å²) in [5.41, 5.74) is 0.247. The Labute approximate surface area is 157 Å². The molecule has 0 saturated heterocycles. The average molecular weight is 388 g/mol. The number of hydrogen-bond acceptors (Lipinski definition) is 6. The lowest BCUT2D eigenvalue weighted by Crippen LogP contribution is -2.13. The first-order valence-electron chi connectivity index (χ1n) is 8.08. The van der Waals surface area contributed by atoms with Crippen LogP contribution in [0.15, 0.2) is 36.4 Å². The molecule has 0 aliphatic heterocycles. The van der Waals surface area contributed by atoms with E-state index in [2.05, 4.69) is 15.5 Å². The van der Waals surface area contributed by atoms with E-state index in [9.17, 15) is 18.4 Å². The predicted octanol–water partition coefficient (Wildman–Crippen LogP) is 1.46. The topological polar surface area (TPSA) is 118 Å². The lowest BCUT2D eigenvalue weighted by Gasteiger charge is -2.09. The SMILES string of the molecule is O=C(O)c1ccc(Cc2nnnn2Cc2c(F)cc(C(=O)CO)cc2F)cc1. The molecule has 144 valence electrons. The largest absolute Gasteiger partial charge is 0.478 e. The van der Waals surface area contributed by atoms with Gasteiger partial charge in [0.25, 0.3) is 0 Å². The number of tetrazole rings is 1. The summed E-state index contributed by atoms with van der Waals surface area (Å²) in [6.07, 6.45) is 0.219. The Morgan fingerprint density at radius 2 is 1.68 bits per heavy atom. The highest BCUT2D eigenvalue weighted by atomic mass is 19.1. The van der Waals surface area contributed by atoms with E-state index >= 15 is 0 Å². The monoisotopic (exact) mass is 388 g/mol. The van der Waals surface area contributed by atoms with E-state index in [1.165, 1.54) is 16.8 Å². The van der Waals surface area contributed by atoms with Crippen LogP contribution in [0.2, 0.25) is 0 Å². The molecule has 3 rings (SSSR count). The number of Topliss-reactive ketones (excluding diaryl/α,β-unsaturated/α-hetero) is 1. The summed E-state index contributed by atoms with van der Waals surface area (Å²) < 4.78 is 29.7. The van der Waals surface area contributed by atoms with Crippen molar-refractivity contribution < 1.29 is 28.6 Å². The molecule has 2 N–H and O–H groups in total. The van der Waals surface area contributed by atoms with Gasteiger partial charge < -0.3 is 10.2 Å². The number of halogens is 2. The maximum absolute atomic E-state index is 14.3. The second kappa shape index (κ2) is 8.01. The summed E-state index contributed by atoms with van der Waals surface area (Å²) >= 11 is 0. The summed E-state index contributed by atoms with van der Waals surface area (Å²) in [4.78, 5) is 22.3. The zero-order valence-corrected chi connectivity index (χ0v) is 14.3. The molecule has 28 heavy (non-hydrogen) atoms. The Kier molecular flexibility index (Phi) is 5.50. The number of aromatic nitrogens is 4. The van der Waals surface area contributed by atoms with Crippen molar-refractivity contribution in [3.05, 3.63) is 76.1 Å². The fourth-order valence-electron chi connectivity index (χ4n) is 2.58. The van der Waals surface area contributed by atoms with Crippen molar-refractivity contribution in [3.63, 3.8) is 0 Å². The van der Waals surface area contributed by atoms with Crippen LogP contribution in [0.4, 0.5) is 8.78 Å². The van der Waals surface area contributed by atoms with Crippen LogP contribution in [0.3, 0.4) is 0 Å². The molecule has 1 heterocycles. The Balaban J connectivity index is 1.83. The zero-order chi connectivity index (χ0) is 20.3. The number of aliphatic hydroxyl groups excluding tert-OH is 1. The summed E-state index contributed by atoms with van der Waals surface area (Å²) in [6, 6.07) is 7.76. The normalized spacial score (nSPS) is 10.8. The van der Waals surface area contributed by atoms with Crippen LogP contribution in [-0.4, -0.2) is 48.8 Å². The summed E-state index contributed by atoms with van der Waals surface area (Å²) in [5, 5.41) is 28.8. The molecule has 0 atom stereocenters. The van der Waals surface area contributed by atoms with E-state index in [0.29, 0.717) is 11.4 Å². The first-order chi connectivity index (χ1) is 13.4. The summed E-state index contributed by atoms with van der Waals surface area (Å²) in [7, 11) is 0. The number of aromatic carboxylic acids is 1. The van der Waals surface area contributed by atoms with Crippen molar-refractivity contribution in [2.45, 2.75) is 13.0 Å². The van der Waals surface area contributed by atoms with Crippen molar-refractivity contribution in [2.24, 2.45) is 0 Å². The molecule has 0 aliphatic rings. The number of carboxylic acids is 1. The van der Waals surface area contributed by atoms with E-state index in [-0.39, 0.29) is 29.7 Å². The second-order valence-electron chi connectivity index (χ2n) is 5.93. The molecule has 0 spiro atoms. The van der Waals surface area contributed by atoms with Crippen LogP contribution in [0.1, 0.15) is 37.7 Å². The molecule has 1 aromatic heterocycles. The van der Waals surface area contributed by atoms with Gasteiger partial charge in [-0.05, 0) is 40.3 Å². The Morgan fingerprint density at radius 1 is 1.04 bits per heavy atom. The minimum absolute atomic E-state index is 0.130. The van der Waals surface area contributed by atoms with Gasteiger partial charge in [0.15, 0.2) is 11.6 Å². The Bertz CT molecular complexity index is 1010. The molecule has 0 unspecified atom stereocenters. The van der Waals surface area contributed by atoms with Crippen molar-refractivity contribution >= 4 is 11.8 Å². The predicted molar refractivity (Wildman–Crippen MR) is 90.9 cm³/mol. The van der Waals surface area contributed by atoms with Crippen LogP contribution in [0, 0.1) is 11.6 Å². The minimum atomic E-state index is -1.05. The van der Waals surface area contributed by atoms with E-state index in [0.717, 1.165) is 12.1 Å². The molecule has 2 aromatic carbocycles. The first kappa shape index (κ1) is 19.2. The third-order valence-corrected chi connectivity index (χ3v) is 4.08. The molecule has 10 heteroatoms. The fraction of sp³-hybridized carbons (Fsp3) is 0.167. The van der Waals surface area contributed by atoms with Crippen molar-refractivity contribution in [1.82, 2.24) is 20.2 Å². The van der Waals surface area contributed by atoms with Gasteiger partial charge >= 0.3 is 5.97 Å². The van der Waals surface area contributed by atoms with E-state index in [4.69, 9.17) is 10.2 Å². The standard InChI is InChI=1S/C18H14F2N4O4/c19-14-6-12(16(26)9-25)7-15(20)13(14)8-24-17(21-22-23-24)5-10-1-3-11(4-2-10)18(27)28/h1-4,6-7,25H,5,8-9H2,(H,27,28). The van der Waals surface area contributed by atoms with Crippen LogP contribution in [0.25, 0.3) is 0 Å². The Morgan fingerprint density at radius 3 is 2.25 bits per heavy atom. The number of rotatable bonds is 7. The number of aliphatic hydroxyl groups is 1. The zero-order valence-electron chi connectivity index (χ0n) is 14.3. The highest BCUT2D eigenvalue weighted by Gasteiger charge is 2.17. The molecule has 0 aliphatic carbocycles. The van der Waals surface area contributed by atoms with Gasteiger partial charge in [0.2, 0.25) is 0 Å². The highest BCUT2D eigenvalue weighted by molar-refractivity contribution is 5.97. The summed E-state index contributed by atoms with van der Waals surface area (Å²) in [6.45, 7) is -1.16. The highest BCUT2D eigenvalue weighted by Crippen LogP contribution is 2.18. The molecule has 8 nitrogen and oxygen atoms in total. The first-order valence-corrected chi connectivity index (χ1v) is 8.08. The van der Waals surface area contributed by atoms with Crippen LogP contribution in [0.5, 0.6) is 0 Å². The number of carbonyl (C=O) groups is 2. The lowest BCUT2D eigenvalue weighted by atomic mass is 10.1.